The number of fused-ring (bicyclic) bond motifs is 1. The van der Waals surface area contributed by atoms with Gasteiger partial charge in [0.05, 0.1) is 17.6 Å². The van der Waals surface area contributed by atoms with Crippen molar-refractivity contribution in [2.24, 2.45) is 0 Å². The minimum atomic E-state index is 0.309. The number of nitrogens with two attached hydrogens (primary N) is 1. The highest BCUT2D eigenvalue weighted by molar-refractivity contribution is 7.13. The predicted octanol–water partition coefficient (Wildman–Crippen LogP) is 1.27. The number of anilines is 2. The quantitative estimate of drug-likeness (QED) is 0.627. The van der Waals surface area contributed by atoms with Crippen LogP contribution < -0.4 is 16.4 Å². The molecule has 0 aromatic carbocycles. The normalized spacial score (nSPS) is 13.4. The van der Waals surface area contributed by atoms with Crippen LogP contribution in [0, 0.1) is 0 Å². The Balaban J connectivity index is 1.42. The fourth-order valence-corrected chi connectivity index (χ4v) is 3.60. The first kappa shape index (κ1) is 15.9. The molecule has 8 nitrogen and oxygen atoms in total. The molecule has 0 fully saturated rings. The predicted molar refractivity (Wildman–Crippen MR) is 97.2 cm³/mol. The van der Waals surface area contributed by atoms with E-state index in [1.807, 2.05) is 0 Å². The van der Waals surface area contributed by atoms with Crippen molar-refractivity contribution < 1.29 is 0 Å². The molecular formula is C16H18N8S. The van der Waals surface area contributed by atoms with E-state index < -0.39 is 0 Å². The second kappa shape index (κ2) is 7.08. The number of nitrogen functional groups attached to an aromatic ring is 1. The van der Waals surface area contributed by atoms with Crippen molar-refractivity contribution in [1.82, 2.24) is 30.2 Å². The summed E-state index contributed by atoms with van der Waals surface area (Å²) in [5.74, 6) is 1.15. The molecule has 0 spiro atoms. The molecule has 3 aromatic heterocycles. The van der Waals surface area contributed by atoms with Crippen molar-refractivity contribution in [3.05, 3.63) is 40.9 Å². The molecule has 0 saturated heterocycles. The maximum atomic E-state index is 5.82. The Labute approximate surface area is 149 Å². The Kier molecular flexibility index (Phi) is 4.49. The molecule has 3 aromatic rings. The zero-order valence-corrected chi connectivity index (χ0v) is 14.4. The highest BCUT2D eigenvalue weighted by Crippen LogP contribution is 2.22. The van der Waals surface area contributed by atoms with E-state index >= 15 is 0 Å². The molecule has 0 aliphatic carbocycles. The van der Waals surface area contributed by atoms with Crippen LogP contribution >= 0.6 is 11.3 Å². The Morgan fingerprint density at radius 2 is 2.20 bits per heavy atom. The van der Waals surface area contributed by atoms with Crippen LogP contribution in [0.2, 0.25) is 0 Å². The van der Waals surface area contributed by atoms with Crippen LogP contribution in [0.25, 0.3) is 10.7 Å². The SMILES string of the molecule is Nc1nc2c(c(NCCc3csc(-c4cnccn4)n3)n1)CCNC2. The highest BCUT2D eigenvalue weighted by atomic mass is 32.1. The number of nitrogens with one attached hydrogen (secondary N) is 2. The number of aromatic nitrogens is 5. The molecule has 1 aliphatic heterocycles. The zero-order chi connectivity index (χ0) is 17.1. The smallest absolute Gasteiger partial charge is 0.222 e. The van der Waals surface area contributed by atoms with Gasteiger partial charge in [-0.25, -0.2) is 9.97 Å². The van der Waals surface area contributed by atoms with Gasteiger partial charge in [0.15, 0.2) is 0 Å². The topological polar surface area (TPSA) is 115 Å². The molecule has 0 radical (unpaired) electrons. The van der Waals surface area contributed by atoms with Gasteiger partial charge in [0.25, 0.3) is 0 Å². The summed E-state index contributed by atoms with van der Waals surface area (Å²) in [7, 11) is 0. The van der Waals surface area contributed by atoms with Gasteiger partial charge >= 0.3 is 0 Å². The first-order valence-corrected chi connectivity index (χ1v) is 8.98. The Morgan fingerprint density at radius 3 is 3.08 bits per heavy atom. The van der Waals surface area contributed by atoms with Crippen molar-refractivity contribution in [1.29, 1.82) is 0 Å². The molecule has 4 N–H and O–H groups in total. The molecular weight excluding hydrogens is 336 g/mol. The number of hydrogen-bond donors (Lipinski definition) is 3. The first-order valence-electron chi connectivity index (χ1n) is 8.10. The van der Waals surface area contributed by atoms with Crippen molar-refractivity contribution in [2.75, 3.05) is 24.1 Å². The number of hydrogen-bond acceptors (Lipinski definition) is 9. The van der Waals surface area contributed by atoms with Crippen LogP contribution in [0.1, 0.15) is 17.0 Å². The molecule has 0 amide bonds. The van der Waals surface area contributed by atoms with Gasteiger partial charge in [0, 0.05) is 42.8 Å². The summed E-state index contributed by atoms with van der Waals surface area (Å²) >= 11 is 1.58. The first-order chi connectivity index (χ1) is 12.3. The summed E-state index contributed by atoms with van der Waals surface area (Å²) in [5, 5.41) is 9.63. The van der Waals surface area contributed by atoms with Crippen LogP contribution in [-0.4, -0.2) is 38.0 Å². The molecule has 4 rings (SSSR count). The Bertz CT molecular complexity index is 864. The van der Waals surface area contributed by atoms with E-state index in [-0.39, 0.29) is 0 Å². The van der Waals surface area contributed by atoms with Crippen LogP contribution in [-0.2, 0) is 19.4 Å². The standard InChI is InChI=1S/C16H18N8S/c17-16-23-12-7-18-3-2-11(12)14(24-16)21-4-1-10-9-25-15(22-10)13-8-19-5-6-20-13/h5-6,8-9,18H,1-4,7H2,(H3,17,21,23,24). The van der Waals surface area contributed by atoms with Crippen molar-refractivity contribution >= 4 is 23.1 Å². The second-order valence-corrected chi connectivity index (χ2v) is 6.55. The molecule has 0 atom stereocenters. The van der Waals surface area contributed by atoms with E-state index in [4.69, 9.17) is 5.73 Å². The van der Waals surface area contributed by atoms with E-state index in [0.717, 1.165) is 65.9 Å². The van der Waals surface area contributed by atoms with E-state index in [2.05, 4.69) is 40.9 Å². The van der Waals surface area contributed by atoms with Crippen LogP contribution in [0.4, 0.5) is 11.8 Å². The summed E-state index contributed by atoms with van der Waals surface area (Å²) in [4.78, 5) is 21.7. The van der Waals surface area contributed by atoms with Crippen molar-refractivity contribution in [2.45, 2.75) is 19.4 Å². The monoisotopic (exact) mass is 354 g/mol. The van der Waals surface area contributed by atoms with Gasteiger partial charge < -0.3 is 16.4 Å². The van der Waals surface area contributed by atoms with E-state index in [1.165, 1.54) is 0 Å². The van der Waals surface area contributed by atoms with Gasteiger partial charge in [0.2, 0.25) is 5.95 Å². The minimum Gasteiger partial charge on any atom is -0.369 e. The summed E-state index contributed by atoms with van der Waals surface area (Å²) < 4.78 is 0. The lowest BCUT2D eigenvalue weighted by molar-refractivity contribution is 0.625. The van der Waals surface area contributed by atoms with Gasteiger partial charge in [-0.05, 0) is 13.0 Å². The van der Waals surface area contributed by atoms with E-state index in [9.17, 15) is 0 Å². The molecule has 1 aliphatic rings. The molecule has 128 valence electrons. The molecule has 4 heterocycles. The molecule has 0 saturated carbocycles. The Hall–Kier alpha value is -2.65. The average Bonchev–Trinajstić information content (AvgIpc) is 3.11. The van der Waals surface area contributed by atoms with Crippen LogP contribution in [0.5, 0.6) is 0 Å². The maximum Gasteiger partial charge on any atom is 0.222 e. The fourth-order valence-electron chi connectivity index (χ4n) is 2.78. The summed E-state index contributed by atoms with van der Waals surface area (Å²) in [6.45, 7) is 2.41. The van der Waals surface area contributed by atoms with Gasteiger partial charge in [-0.2, -0.15) is 4.98 Å². The zero-order valence-electron chi connectivity index (χ0n) is 13.6. The van der Waals surface area contributed by atoms with Crippen molar-refractivity contribution in [3.63, 3.8) is 0 Å². The molecule has 0 unspecified atom stereocenters. The van der Waals surface area contributed by atoms with Crippen LogP contribution in [0.3, 0.4) is 0 Å². The lowest BCUT2D eigenvalue weighted by Gasteiger charge is -2.19. The number of rotatable bonds is 5. The summed E-state index contributed by atoms with van der Waals surface area (Å²) in [5.41, 5.74) is 9.79. The highest BCUT2D eigenvalue weighted by Gasteiger charge is 2.16. The lowest BCUT2D eigenvalue weighted by atomic mass is 10.1. The van der Waals surface area contributed by atoms with Gasteiger partial charge in [-0.1, -0.05) is 0 Å². The largest absolute Gasteiger partial charge is 0.369 e. The summed E-state index contributed by atoms with van der Waals surface area (Å²) in [6.07, 6.45) is 6.77. The van der Waals surface area contributed by atoms with Crippen LogP contribution in [0.15, 0.2) is 24.0 Å². The Morgan fingerprint density at radius 1 is 1.24 bits per heavy atom. The van der Waals surface area contributed by atoms with Gasteiger partial charge in [0.1, 0.15) is 16.5 Å². The molecule has 0 bridgehead atoms. The molecule has 25 heavy (non-hydrogen) atoms. The average molecular weight is 354 g/mol. The molecule has 9 heteroatoms. The van der Waals surface area contributed by atoms with E-state index in [0.29, 0.717) is 5.95 Å². The number of thiazole rings is 1. The minimum absolute atomic E-state index is 0.309. The van der Waals surface area contributed by atoms with Gasteiger partial charge in [-0.3, -0.25) is 9.97 Å². The third-order valence-corrected chi connectivity index (χ3v) is 4.88. The maximum absolute atomic E-state index is 5.82. The third kappa shape index (κ3) is 3.57. The lowest BCUT2D eigenvalue weighted by Crippen LogP contribution is -2.27. The third-order valence-electron chi connectivity index (χ3n) is 3.96. The fraction of sp³-hybridized carbons (Fsp3) is 0.312. The van der Waals surface area contributed by atoms with Gasteiger partial charge in [-0.15, -0.1) is 11.3 Å². The van der Waals surface area contributed by atoms with E-state index in [1.54, 1.807) is 29.9 Å². The second-order valence-electron chi connectivity index (χ2n) is 5.69. The number of nitrogens with zero attached hydrogens (tertiary/aromatic N) is 5. The van der Waals surface area contributed by atoms with Crippen molar-refractivity contribution in [3.8, 4) is 10.7 Å². The summed E-state index contributed by atoms with van der Waals surface area (Å²) in [6, 6.07) is 0.